The molecule has 0 bridgehead atoms. The van der Waals surface area contributed by atoms with Gasteiger partial charge in [0.1, 0.15) is 18.0 Å². The number of rotatable bonds is 3. The van der Waals surface area contributed by atoms with Crippen LogP contribution in [0, 0.1) is 0 Å². The largest absolute Gasteiger partial charge is 0.481 e. The molecule has 0 aromatic heterocycles. The van der Waals surface area contributed by atoms with Crippen molar-refractivity contribution < 1.29 is 14.3 Å². The van der Waals surface area contributed by atoms with Crippen molar-refractivity contribution in [2.45, 2.75) is 0 Å². The lowest BCUT2D eigenvalue weighted by molar-refractivity contribution is -0.123. The number of benzene rings is 2. The van der Waals surface area contributed by atoms with Crippen molar-refractivity contribution in [2.24, 2.45) is 0 Å². The number of anilines is 3. The second kappa shape index (κ2) is 5.77. The third-order valence-electron chi connectivity index (χ3n) is 3.31. The number of fused-ring (bicyclic) bond motifs is 1. The minimum absolute atomic E-state index is 0.102. The van der Waals surface area contributed by atoms with Crippen LogP contribution in [-0.4, -0.2) is 25.0 Å². The van der Waals surface area contributed by atoms with Crippen molar-refractivity contribution >= 4 is 28.9 Å². The lowest BCUT2D eigenvalue weighted by Gasteiger charge is -2.29. The molecule has 3 rings (SSSR count). The number of para-hydroxylation sites is 2. The van der Waals surface area contributed by atoms with Crippen LogP contribution >= 0.6 is 0 Å². The number of nitrogens with two attached hydrogens (primary N) is 1. The Hall–Kier alpha value is -3.02. The predicted octanol–water partition coefficient (Wildman–Crippen LogP) is 1.63. The Morgan fingerprint density at radius 3 is 2.73 bits per heavy atom. The molecule has 1 heterocycles. The Balaban J connectivity index is 1.80. The Bertz CT molecular complexity index is 716. The van der Waals surface area contributed by atoms with E-state index in [4.69, 9.17) is 10.5 Å². The molecule has 0 atom stereocenters. The zero-order chi connectivity index (χ0) is 15.5. The SMILES string of the molecule is Nc1cccc2c1N(CC(=O)Nc1ccccc1)C(=O)CO2. The maximum absolute atomic E-state index is 12.2. The van der Waals surface area contributed by atoms with Crippen molar-refractivity contribution in [1.29, 1.82) is 0 Å². The maximum Gasteiger partial charge on any atom is 0.265 e. The van der Waals surface area contributed by atoms with Gasteiger partial charge in [-0.05, 0) is 24.3 Å². The summed E-state index contributed by atoms with van der Waals surface area (Å²) < 4.78 is 5.34. The van der Waals surface area contributed by atoms with Crippen molar-refractivity contribution in [1.82, 2.24) is 0 Å². The summed E-state index contributed by atoms with van der Waals surface area (Å²) in [6, 6.07) is 14.2. The lowest BCUT2D eigenvalue weighted by atomic mass is 10.2. The molecule has 6 nitrogen and oxygen atoms in total. The number of hydrogen-bond donors (Lipinski definition) is 2. The highest BCUT2D eigenvalue weighted by Gasteiger charge is 2.29. The van der Waals surface area contributed by atoms with Crippen LogP contribution in [0.1, 0.15) is 0 Å². The van der Waals surface area contributed by atoms with E-state index in [1.54, 1.807) is 30.3 Å². The van der Waals surface area contributed by atoms with E-state index in [0.29, 0.717) is 22.8 Å². The monoisotopic (exact) mass is 297 g/mol. The van der Waals surface area contributed by atoms with Gasteiger partial charge < -0.3 is 15.8 Å². The minimum Gasteiger partial charge on any atom is -0.481 e. The number of ether oxygens (including phenoxy) is 1. The highest BCUT2D eigenvalue weighted by Crippen LogP contribution is 2.36. The van der Waals surface area contributed by atoms with Crippen molar-refractivity contribution in [3.8, 4) is 5.75 Å². The van der Waals surface area contributed by atoms with Crippen LogP contribution in [0.15, 0.2) is 48.5 Å². The van der Waals surface area contributed by atoms with Crippen LogP contribution < -0.4 is 20.7 Å². The molecule has 0 unspecified atom stereocenters. The first-order valence-electron chi connectivity index (χ1n) is 6.81. The molecule has 1 aliphatic heterocycles. The van der Waals surface area contributed by atoms with Gasteiger partial charge in [0.25, 0.3) is 5.91 Å². The summed E-state index contributed by atoms with van der Waals surface area (Å²) in [5, 5.41) is 2.75. The highest BCUT2D eigenvalue weighted by atomic mass is 16.5. The van der Waals surface area contributed by atoms with Crippen molar-refractivity contribution in [3.05, 3.63) is 48.5 Å². The molecule has 1 aliphatic rings. The average molecular weight is 297 g/mol. The molecule has 0 saturated heterocycles. The van der Waals surface area contributed by atoms with Gasteiger partial charge in [-0.15, -0.1) is 0 Å². The van der Waals surface area contributed by atoms with Crippen LogP contribution in [0.5, 0.6) is 5.75 Å². The van der Waals surface area contributed by atoms with E-state index in [1.165, 1.54) is 4.90 Å². The summed E-state index contributed by atoms with van der Waals surface area (Å²) in [7, 11) is 0. The topological polar surface area (TPSA) is 84.7 Å². The molecule has 2 amide bonds. The zero-order valence-electron chi connectivity index (χ0n) is 11.8. The predicted molar refractivity (Wildman–Crippen MR) is 83.8 cm³/mol. The van der Waals surface area contributed by atoms with E-state index in [2.05, 4.69) is 5.32 Å². The van der Waals surface area contributed by atoms with Gasteiger partial charge in [0.15, 0.2) is 6.61 Å². The molecular formula is C16H15N3O3. The highest BCUT2D eigenvalue weighted by molar-refractivity contribution is 6.07. The summed E-state index contributed by atoms with van der Waals surface area (Å²) in [5.41, 5.74) is 7.44. The first kappa shape index (κ1) is 13.9. The molecule has 112 valence electrons. The van der Waals surface area contributed by atoms with Crippen LogP contribution in [0.25, 0.3) is 0 Å². The van der Waals surface area contributed by atoms with E-state index >= 15 is 0 Å². The van der Waals surface area contributed by atoms with Crippen molar-refractivity contribution in [2.75, 3.05) is 29.1 Å². The van der Waals surface area contributed by atoms with E-state index in [0.717, 1.165) is 0 Å². The molecule has 22 heavy (non-hydrogen) atoms. The fraction of sp³-hybridized carbons (Fsp3) is 0.125. The van der Waals surface area contributed by atoms with E-state index in [1.807, 2.05) is 18.2 Å². The summed E-state index contributed by atoms with van der Waals surface area (Å²) in [4.78, 5) is 25.6. The third kappa shape index (κ3) is 2.71. The number of nitrogen functional groups attached to an aromatic ring is 1. The van der Waals surface area contributed by atoms with E-state index in [9.17, 15) is 9.59 Å². The first-order valence-corrected chi connectivity index (χ1v) is 6.81. The summed E-state index contributed by atoms with van der Waals surface area (Å²) in [6.07, 6.45) is 0. The fourth-order valence-electron chi connectivity index (χ4n) is 2.32. The molecule has 3 N–H and O–H groups in total. The normalized spacial score (nSPS) is 13.3. The first-order chi connectivity index (χ1) is 10.6. The van der Waals surface area contributed by atoms with Gasteiger partial charge in [0.05, 0.1) is 5.69 Å². The molecule has 0 fully saturated rings. The summed E-state index contributed by atoms with van der Waals surface area (Å²) in [6.45, 7) is -0.215. The zero-order valence-corrected chi connectivity index (χ0v) is 11.8. The van der Waals surface area contributed by atoms with Gasteiger partial charge in [0.2, 0.25) is 5.91 Å². The van der Waals surface area contributed by atoms with Gasteiger partial charge in [0, 0.05) is 5.69 Å². The van der Waals surface area contributed by atoms with Crippen molar-refractivity contribution in [3.63, 3.8) is 0 Å². The Labute approximate surface area is 127 Å². The average Bonchev–Trinajstić information content (AvgIpc) is 2.51. The second-order valence-corrected chi connectivity index (χ2v) is 4.88. The Morgan fingerprint density at radius 1 is 1.18 bits per heavy atom. The quantitative estimate of drug-likeness (QED) is 0.843. The number of carbonyl (C=O) groups excluding carboxylic acids is 2. The van der Waals surface area contributed by atoms with Crippen LogP contribution in [0.3, 0.4) is 0 Å². The number of amides is 2. The molecule has 6 heteroatoms. The molecule has 0 saturated carbocycles. The minimum atomic E-state index is -0.298. The maximum atomic E-state index is 12.2. The molecule has 2 aromatic carbocycles. The summed E-state index contributed by atoms with van der Waals surface area (Å²) in [5.74, 6) is -0.0867. The number of hydrogen-bond acceptors (Lipinski definition) is 4. The second-order valence-electron chi connectivity index (χ2n) is 4.88. The molecular weight excluding hydrogens is 282 g/mol. The molecule has 0 spiro atoms. The number of nitrogens with zero attached hydrogens (tertiary/aromatic N) is 1. The molecule has 2 aromatic rings. The van der Waals surface area contributed by atoms with Gasteiger partial charge >= 0.3 is 0 Å². The van der Waals surface area contributed by atoms with Crippen LogP contribution in [0.2, 0.25) is 0 Å². The summed E-state index contributed by atoms with van der Waals surface area (Å²) >= 11 is 0. The van der Waals surface area contributed by atoms with E-state index in [-0.39, 0.29) is 25.0 Å². The third-order valence-corrected chi connectivity index (χ3v) is 3.31. The van der Waals surface area contributed by atoms with Gasteiger partial charge in [-0.1, -0.05) is 24.3 Å². The van der Waals surface area contributed by atoms with Crippen LogP contribution in [-0.2, 0) is 9.59 Å². The Morgan fingerprint density at radius 2 is 1.95 bits per heavy atom. The molecule has 0 radical (unpaired) electrons. The van der Waals surface area contributed by atoms with Gasteiger partial charge in [-0.2, -0.15) is 0 Å². The van der Waals surface area contributed by atoms with E-state index < -0.39 is 0 Å². The van der Waals surface area contributed by atoms with Gasteiger partial charge in [-0.3, -0.25) is 14.5 Å². The van der Waals surface area contributed by atoms with Gasteiger partial charge in [-0.25, -0.2) is 0 Å². The smallest absolute Gasteiger partial charge is 0.265 e. The lowest BCUT2D eigenvalue weighted by Crippen LogP contribution is -2.43. The molecule has 0 aliphatic carbocycles. The fourth-order valence-corrected chi connectivity index (χ4v) is 2.32. The standard InChI is InChI=1S/C16H15N3O3/c17-12-7-4-8-13-16(12)19(15(21)10-22-13)9-14(20)18-11-5-2-1-3-6-11/h1-8H,9-10,17H2,(H,18,20). The number of nitrogens with one attached hydrogen (secondary N) is 1. The number of carbonyl (C=O) groups is 2. The Kier molecular flexibility index (Phi) is 3.65. The van der Waals surface area contributed by atoms with Crippen LogP contribution in [0.4, 0.5) is 17.1 Å².